The van der Waals surface area contributed by atoms with E-state index in [0.717, 1.165) is 30.1 Å². The number of hydrogen-bond acceptors (Lipinski definition) is 4. The van der Waals surface area contributed by atoms with Gasteiger partial charge in [-0.2, -0.15) is 0 Å². The van der Waals surface area contributed by atoms with Crippen molar-refractivity contribution in [3.8, 4) is 5.75 Å². The Morgan fingerprint density at radius 2 is 1.77 bits per heavy atom. The first kappa shape index (κ1) is 20.3. The van der Waals surface area contributed by atoms with E-state index in [0.29, 0.717) is 26.1 Å². The van der Waals surface area contributed by atoms with Gasteiger partial charge in [-0.1, -0.05) is 36.4 Å². The Morgan fingerprint density at radius 3 is 2.47 bits per heavy atom. The minimum Gasteiger partial charge on any atom is -0.497 e. The van der Waals surface area contributed by atoms with E-state index in [1.165, 1.54) is 0 Å². The van der Waals surface area contributed by atoms with Crippen molar-refractivity contribution < 1.29 is 14.3 Å². The number of carbonyl (C=O) groups is 2. The topological polar surface area (TPSA) is 53.1 Å². The van der Waals surface area contributed by atoms with Crippen LogP contribution in [-0.4, -0.2) is 61.4 Å². The zero-order valence-corrected chi connectivity index (χ0v) is 17.7. The van der Waals surface area contributed by atoms with Crippen molar-refractivity contribution >= 4 is 17.5 Å². The SMILES string of the molecule is COc1cccc(N2CCN(C(=O)[C@@H]3CC(=O)N([C@H](C)c4ccccc4)C3)CC2)c1. The van der Waals surface area contributed by atoms with Crippen molar-refractivity contribution in [2.24, 2.45) is 5.92 Å². The van der Waals surface area contributed by atoms with Gasteiger partial charge in [0.05, 0.1) is 19.1 Å². The van der Waals surface area contributed by atoms with Crippen LogP contribution < -0.4 is 9.64 Å². The monoisotopic (exact) mass is 407 g/mol. The molecule has 0 aliphatic carbocycles. The molecule has 158 valence electrons. The molecule has 0 saturated carbocycles. The molecule has 2 saturated heterocycles. The van der Waals surface area contributed by atoms with Gasteiger partial charge in [-0.25, -0.2) is 0 Å². The summed E-state index contributed by atoms with van der Waals surface area (Å²) in [5.41, 5.74) is 2.21. The molecule has 30 heavy (non-hydrogen) atoms. The fraction of sp³-hybridized carbons (Fsp3) is 0.417. The van der Waals surface area contributed by atoms with E-state index < -0.39 is 0 Å². The summed E-state index contributed by atoms with van der Waals surface area (Å²) in [5.74, 6) is 0.770. The molecule has 2 aromatic carbocycles. The van der Waals surface area contributed by atoms with Crippen molar-refractivity contribution in [3.63, 3.8) is 0 Å². The van der Waals surface area contributed by atoms with Crippen LogP contribution in [0.5, 0.6) is 5.75 Å². The third-order valence-electron chi connectivity index (χ3n) is 6.27. The zero-order valence-electron chi connectivity index (χ0n) is 17.7. The van der Waals surface area contributed by atoms with Gasteiger partial charge in [-0.3, -0.25) is 9.59 Å². The highest BCUT2D eigenvalue weighted by Crippen LogP contribution is 2.30. The van der Waals surface area contributed by atoms with Gasteiger partial charge in [0.15, 0.2) is 0 Å². The van der Waals surface area contributed by atoms with E-state index >= 15 is 0 Å². The van der Waals surface area contributed by atoms with Gasteiger partial charge < -0.3 is 19.4 Å². The van der Waals surface area contributed by atoms with Crippen LogP contribution in [0.15, 0.2) is 54.6 Å². The molecule has 2 heterocycles. The summed E-state index contributed by atoms with van der Waals surface area (Å²) >= 11 is 0. The molecule has 4 rings (SSSR count). The Morgan fingerprint density at radius 1 is 1.03 bits per heavy atom. The maximum Gasteiger partial charge on any atom is 0.228 e. The molecule has 2 aliphatic rings. The van der Waals surface area contributed by atoms with Crippen LogP contribution in [0, 0.1) is 5.92 Å². The highest BCUT2D eigenvalue weighted by molar-refractivity contribution is 5.89. The van der Waals surface area contributed by atoms with Gasteiger partial charge in [0, 0.05) is 50.9 Å². The van der Waals surface area contributed by atoms with Gasteiger partial charge in [0.25, 0.3) is 0 Å². The number of amides is 2. The van der Waals surface area contributed by atoms with Crippen LogP contribution >= 0.6 is 0 Å². The first-order valence-corrected chi connectivity index (χ1v) is 10.6. The number of methoxy groups -OCH3 is 1. The average molecular weight is 408 g/mol. The Kier molecular flexibility index (Phi) is 5.93. The van der Waals surface area contributed by atoms with Gasteiger partial charge in [-0.15, -0.1) is 0 Å². The molecule has 2 aliphatic heterocycles. The number of nitrogens with zero attached hydrogens (tertiary/aromatic N) is 3. The van der Waals surface area contributed by atoms with Gasteiger partial charge >= 0.3 is 0 Å². The molecule has 2 fully saturated rings. The van der Waals surface area contributed by atoms with Crippen LogP contribution in [0.4, 0.5) is 5.69 Å². The molecule has 0 bridgehead atoms. The van der Waals surface area contributed by atoms with Gasteiger partial charge in [-0.05, 0) is 24.6 Å². The number of benzene rings is 2. The van der Waals surface area contributed by atoms with E-state index in [9.17, 15) is 9.59 Å². The van der Waals surface area contributed by atoms with Crippen LogP contribution in [0.2, 0.25) is 0 Å². The zero-order chi connectivity index (χ0) is 21.1. The first-order valence-electron chi connectivity index (χ1n) is 10.6. The van der Waals surface area contributed by atoms with Crippen molar-refractivity contribution in [1.29, 1.82) is 0 Å². The smallest absolute Gasteiger partial charge is 0.228 e. The third-order valence-corrected chi connectivity index (χ3v) is 6.27. The number of piperazine rings is 1. The Bertz CT molecular complexity index is 894. The highest BCUT2D eigenvalue weighted by atomic mass is 16.5. The summed E-state index contributed by atoms with van der Waals surface area (Å²) in [6, 6.07) is 18.0. The number of likely N-dealkylation sites (tertiary alicyclic amines) is 1. The molecule has 0 unspecified atom stereocenters. The van der Waals surface area contributed by atoms with Crippen molar-refractivity contribution in [3.05, 3.63) is 60.2 Å². The number of rotatable bonds is 5. The lowest BCUT2D eigenvalue weighted by Gasteiger charge is -2.37. The fourth-order valence-electron chi connectivity index (χ4n) is 4.43. The predicted octanol–water partition coefficient (Wildman–Crippen LogP) is 2.95. The third kappa shape index (κ3) is 4.13. The molecule has 6 nitrogen and oxygen atoms in total. The summed E-state index contributed by atoms with van der Waals surface area (Å²) in [4.78, 5) is 31.8. The average Bonchev–Trinajstić information content (AvgIpc) is 3.20. The second-order valence-corrected chi connectivity index (χ2v) is 8.05. The Labute approximate surface area is 178 Å². The normalized spacial score (nSPS) is 20.4. The molecule has 2 atom stereocenters. The summed E-state index contributed by atoms with van der Waals surface area (Å²) in [7, 11) is 1.67. The van der Waals surface area contributed by atoms with E-state index in [-0.39, 0.29) is 23.8 Å². The van der Waals surface area contributed by atoms with Crippen LogP contribution in [0.25, 0.3) is 0 Å². The molecule has 2 aromatic rings. The molecule has 6 heteroatoms. The number of carbonyl (C=O) groups excluding carboxylic acids is 2. The second-order valence-electron chi connectivity index (χ2n) is 8.05. The van der Waals surface area contributed by atoms with E-state index in [2.05, 4.69) is 11.0 Å². The van der Waals surface area contributed by atoms with Crippen LogP contribution in [-0.2, 0) is 9.59 Å². The largest absolute Gasteiger partial charge is 0.497 e. The summed E-state index contributed by atoms with van der Waals surface area (Å²) in [5, 5.41) is 0. The van der Waals surface area contributed by atoms with Crippen LogP contribution in [0.3, 0.4) is 0 Å². The minimum atomic E-state index is -0.243. The van der Waals surface area contributed by atoms with Gasteiger partial charge in [0.2, 0.25) is 11.8 Å². The van der Waals surface area contributed by atoms with E-state index in [1.54, 1.807) is 7.11 Å². The quantitative estimate of drug-likeness (QED) is 0.765. The Balaban J connectivity index is 1.35. The minimum absolute atomic E-state index is 0.0126. The Hall–Kier alpha value is -3.02. The summed E-state index contributed by atoms with van der Waals surface area (Å²) in [6.07, 6.45) is 0.312. The molecule has 0 N–H and O–H groups in total. The fourth-order valence-corrected chi connectivity index (χ4v) is 4.43. The maximum absolute atomic E-state index is 13.1. The maximum atomic E-state index is 13.1. The molecular formula is C24H29N3O3. The number of hydrogen-bond donors (Lipinski definition) is 0. The summed E-state index contributed by atoms with van der Waals surface area (Å²) in [6.45, 7) is 5.45. The van der Waals surface area contributed by atoms with Crippen LogP contribution in [0.1, 0.15) is 24.9 Å². The number of ether oxygens (including phenoxy) is 1. The summed E-state index contributed by atoms with van der Waals surface area (Å²) < 4.78 is 5.32. The lowest BCUT2D eigenvalue weighted by atomic mass is 10.1. The lowest BCUT2D eigenvalue weighted by molar-refractivity contribution is -0.136. The van der Waals surface area contributed by atoms with Crippen molar-refractivity contribution in [2.75, 3.05) is 44.7 Å². The molecule has 0 spiro atoms. The standard InChI is InChI=1S/C24H29N3O3/c1-18(19-7-4-3-5-8-19)27-17-20(15-23(27)28)24(29)26-13-11-25(12-14-26)21-9-6-10-22(16-21)30-2/h3-10,16,18,20H,11-15,17H2,1-2H3/t18-,20-/m1/s1. The lowest BCUT2D eigenvalue weighted by Crippen LogP contribution is -2.50. The second kappa shape index (κ2) is 8.78. The molecule has 0 aromatic heterocycles. The van der Waals surface area contributed by atoms with Crippen molar-refractivity contribution in [2.45, 2.75) is 19.4 Å². The van der Waals surface area contributed by atoms with E-state index in [1.807, 2.05) is 65.3 Å². The molecular weight excluding hydrogens is 378 g/mol. The predicted molar refractivity (Wildman–Crippen MR) is 116 cm³/mol. The highest BCUT2D eigenvalue weighted by Gasteiger charge is 2.39. The molecule has 0 radical (unpaired) electrons. The number of anilines is 1. The van der Waals surface area contributed by atoms with Gasteiger partial charge in [0.1, 0.15) is 5.75 Å². The first-order chi connectivity index (χ1) is 14.6. The van der Waals surface area contributed by atoms with E-state index in [4.69, 9.17) is 4.74 Å². The molecule has 2 amide bonds. The van der Waals surface area contributed by atoms with Crippen molar-refractivity contribution in [1.82, 2.24) is 9.80 Å².